The topological polar surface area (TPSA) is 48.9 Å². The van der Waals surface area contributed by atoms with Gasteiger partial charge >= 0.3 is 0 Å². The van der Waals surface area contributed by atoms with E-state index in [1.165, 1.54) is 18.4 Å². The number of piperidine rings is 1. The molecule has 2 fully saturated rings. The van der Waals surface area contributed by atoms with Crippen molar-refractivity contribution >= 4 is 29.2 Å². The van der Waals surface area contributed by atoms with Crippen LogP contribution in [0.25, 0.3) is 0 Å². The van der Waals surface area contributed by atoms with Crippen LogP contribution in [0.15, 0.2) is 23.2 Å². The second-order valence-corrected chi connectivity index (χ2v) is 8.27. The van der Waals surface area contributed by atoms with Gasteiger partial charge in [-0.15, -0.1) is 0 Å². The predicted octanol–water partition coefficient (Wildman–Crippen LogP) is 3.55. The lowest BCUT2D eigenvalue weighted by Gasteiger charge is -2.33. The molecule has 0 amide bonds. The molecule has 1 aliphatic heterocycles. The maximum atomic E-state index is 6.12. The smallest absolute Gasteiger partial charge is 0.191 e. The molecule has 0 aromatic heterocycles. The molecule has 7 heteroatoms. The first kappa shape index (κ1) is 20.7. The third-order valence-corrected chi connectivity index (χ3v) is 5.87. The van der Waals surface area contributed by atoms with Crippen LogP contribution < -0.4 is 10.6 Å². The lowest BCUT2D eigenvalue weighted by molar-refractivity contribution is 0.129. The van der Waals surface area contributed by atoms with E-state index in [9.17, 15) is 0 Å². The molecular weight excluding hydrogens is 383 g/mol. The van der Waals surface area contributed by atoms with E-state index in [2.05, 4.69) is 26.6 Å². The van der Waals surface area contributed by atoms with E-state index in [-0.39, 0.29) is 0 Å². The van der Waals surface area contributed by atoms with E-state index in [0.29, 0.717) is 16.1 Å². The number of halogens is 2. The van der Waals surface area contributed by atoms with Crippen LogP contribution in [-0.2, 0) is 11.3 Å². The Kier molecular flexibility index (Phi) is 8.07. The van der Waals surface area contributed by atoms with E-state index < -0.39 is 0 Å². The molecule has 1 saturated heterocycles. The molecule has 1 saturated carbocycles. The third-order valence-electron chi connectivity index (χ3n) is 5.13. The van der Waals surface area contributed by atoms with Gasteiger partial charge in [-0.1, -0.05) is 29.3 Å². The molecule has 3 rings (SSSR count). The lowest BCUT2D eigenvalue weighted by atomic mass is 10.0. The summed E-state index contributed by atoms with van der Waals surface area (Å²) in [6.45, 7) is 5.46. The first-order chi connectivity index (χ1) is 13.1. The molecule has 2 aliphatic rings. The molecule has 1 aromatic rings. The molecule has 0 bridgehead atoms. The number of guanidine groups is 1. The predicted molar refractivity (Wildman–Crippen MR) is 113 cm³/mol. The summed E-state index contributed by atoms with van der Waals surface area (Å²) in [4.78, 5) is 6.79. The van der Waals surface area contributed by atoms with Crippen LogP contribution in [0.2, 0.25) is 10.0 Å². The van der Waals surface area contributed by atoms with Gasteiger partial charge in [0.15, 0.2) is 5.96 Å². The van der Waals surface area contributed by atoms with E-state index in [0.717, 1.165) is 64.1 Å². The van der Waals surface area contributed by atoms with Crippen LogP contribution in [0, 0.1) is 5.92 Å². The standard InChI is InChI=1S/C20H30Cl2N4O/c1-23-20(24-8-11-27-14-15-2-3-15)25-17-6-9-26(10-7-17)13-16-4-5-18(21)19(22)12-16/h4-5,12,15,17H,2-3,6-11,13-14H2,1H3,(H2,23,24,25). The summed E-state index contributed by atoms with van der Waals surface area (Å²) in [5.41, 5.74) is 1.21. The van der Waals surface area contributed by atoms with Gasteiger partial charge in [0.25, 0.3) is 0 Å². The Morgan fingerprint density at radius 2 is 1.96 bits per heavy atom. The van der Waals surface area contributed by atoms with Crippen molar-refractivity contribution in [2.24, 2.45) is 10.9 Å². The van der Waals surface area contributed by atoms with Gasteiger partial charge in [0.1, 0.15) is 0 Å². The van der Waals surface area contributed by atoms with Crippen LogP contribution in [0.3, 0.4) is 0 Å². The molecule has 0 radical (unpaired) electrons. The number of benzene rings is 1. The molecule has 0 spiro atoms. The molecule has 1 aliphatic carbocycles. The van der Waals surface area contributed by atoms with Gasteiger partial charge in [-0.3, -0.25) is 9.89 Å². The number of rotatable bonds is 8. The summed E-state index contributed by atoms with van der Waals surface area (Å²) < 4.78 is 5.66. The van der Waals surface area contributed by atoms with Crippen LogP contribution >= 0.6 is 23.2 Å². The highest BCUT2D eigenvalue weighted by Crippen LogP contribution is 2.28. The van der Waals surface area contributed by atoms with Crippen molar-refractivity contribution in [1.29, 1.82) is 0 Å². The molecular formula is C20H30Cl2N4O. The summed E-state index contributed by atoms with van der Waals surface area (Å²) >= 11 is 12.1. The van der Waals surface area contributed by atoms with E-state index >= 15 is 0 Å². The fraction of sp³-hybridized carbons (Fsp3) is 0.650. The maximum Gasteiger partial charge on any atom is 0.191 e. The molecule has 27 heavy (non-hydrogen) atoms. The summed E-state index contributed by atoms with van der Waals surface area (Å²) in [5, 5.41) is 8.12. The van der Waals surface area contributed by atoms with Gasteiger partial charge in [-0.25, -0.2) is 0 Å². The van der Waals surface area contributed by atoms with E-state index in [4.69, 9.17) is 27.9 Å². The summed E-state index contributed by atoms with van der Waals surface area (Å²) in [5.74, 6) is 1.68. The SMILES string of the molecule is CN=C(NCCOCC1CC1)NC1CCN(Cc2ccc(Cl)c(Cl)c2)CC1. The van der Waals surface area contributed by atoms with Crippen molar-refractivity contribution in [3.63, 3.8) is 0 Å². The highest BCUT2D eigenvalue weighted by molar-refractivity contribution is 6.42. The summed E-state index contributed by atoms with van der Waals surface area (Å²) in [6.07, 6.45) is 4.86. The minimum atomic E-state index is 0.452. The van der Waals surface area contributed by atoms with Gasteiger partial charge < -0.3 is 15.4 Å². The first-order valence-electron chi connectivity index (χ1n) is 9.85. The number of nitrogens with one attached hydrogen (secondary N) is 2. The monoisotopic (exact) mass is 412 g/mol. The van der Waals surface area contributed by atoms with E-state index in [1.54, 1.807) is 0 Å². The van der Waals surface area contributed by atoms with Crippen LogP contribution in [0.5, 0.6) is 0 Å². The lowest BCUT2D eigenvalue weighted by Crippen LogP contribution is -2.49. The molecule has 5 nitrogen and oxygen atoms in total. The largest absolute Gasteiger partial charge is 0.379 e. The van der Waals surface area contributed by atoms with Crippen molar-refractivity contribution < 1.29 is 4.74 Å². The van der Waals surface area contributed by atoms with Crippen LogP contribution in [-0.4, -0.2) is 56.8 Å². The Morgan fingerprint density at radius 1 is 1.19 bits per heavy atom. The summed E-state index contributed by atoms with van der Waals surface area (Å²) in [6, 6.07) is 6.34. The number of ether oxygens (including phenoxy) is 1. The molecule has 2 N–H and O–H groups in total. The Balaban J connectivity index is 1.33. The Hall–Kier alpha value is -1.01. The minimum Gasteiger partial charge on any atom is -0.379 e. The fourth-order valence-corrected chi connectivity index (χ4v) is 3.62. The molecule has 0 atom stereocenters. The van der Waals surface area contributed by atoms with E-state index in [1.807, 2.05) is 19.2 Å². The van der Waals surface area contributed by atoms with Gasteiger partial charge in [-0.05, 0) is 49.3 Å². The van der Waals surface area contributed by atoms with Crippen molar-refractivity contribution in [3.05, 3.63) is 33.8 Å². The van der Waals surface area contributed by atoms with Crippen LogP contribution in [0.4, 0.5) is 0 Å². The highest BCUT2D eigenvalue weighted by Gasteiger charge is 2.21. The highest BCUT2D eigenvalue weighted by atomic mass is 35.5. The van der Waals surface area contributed by atoms with Gasteiger partial charge in [0.05, 0.1) is 16.7 Å². The maximum absolute atomic E-state index is 6.12. The van der Waals surface area contributed by atoms with Gasteiger partial charge in [0.2, 0.25) is 0 Å². The third kappa shape index (κ3) is 7.15. The number of hydrogen-bond acceptors (Lipinski definition) is 3. The van der Waals surface area contributed by atoms with Crippen molar-refractivity contribution in [3.8, 4) is 0 Å². The number of hydrogen-bond donors (Lipinski definition) is 2. The normalized spacial score (nSPS) is 19.3. The molecule has 1 heterocycles. The second-order valence-electron chi connectivity index (χ2n) is 7.46. The molecule has 150 valence electrons. The fourth-order valence-electron chi connectivity index (χ4n) is 3.30. The Bertz CT molecular complexity index is 628. The van der Waals surface area contributed by atoms with Crippen molar-refractivity contribution in [2.45, 2.75) is 38.3 Å². The number of likely N-dealkylation sites (tertiary alicyclic amines) is 1. The van der Waals surface area contributed by atoms with Crippen molar-refractivity contribution in [1.82, 2.24) is 15.5 Å². The average molecular weight is 413 g/mol. The Morgan fingerprint density at radius 3 is 2.63 bits per heavy atom. The zero-order valence-electron chi connectivity index (χ0n) is 16.0. The zero-order chi connectivity index (χ0) is 19.1. The van der Waals surface area contributed by atoms with Gasteiger partial charge in [-0.2, -0.15) is 0 Å². The van der Waals surface area contributed by atoms with Gasteiger partial charge in [0, 0.05) is 45.9 Å². The first-order valence-corrected chi connectivity index (χ1v) is 10.6. The zero-order valence-corrected chi connectivity index (χ0v) is 17.5. The van der Waals surface area contributed by atoms with Crippen molar-refractivity contribution in [2.75, 3.05) is 39.9 Å². The molecule has 1 aromatic carbocycles. The number of nitrogens with zero attached hydrogens (tertiary/aromatic N) is 2. The second kappa shape index (κ2) is 10.5. The average Bonchev–Trinajstić information content (AvgIpc) is 3.49. The Labute approximate surface area is 172 Å². The molecule has 0 unspecified atom stereocenters. The summed E-state index contributed by atoms with van der Waals surface area (Å²) in [7, 11) is 1.82. The number of aliphatic imine (C=N–C) groups is 1. The minimum absolute atomic E-state index is 0.452. The van der Waals surface area contributed by atoms with Crippen LogP contribution in [0.1, 0.15) is 31.2 Å². The quantitative estimate of drug-likeness (QED) is 0.389.